The standard InChI is InChI=1S/C19H27NO6/c1-23-15-11-9-14(18(25-3)19(15)26-4)10-12-16(21)20-13-7-5-6-8-17(22)24-2/h9-12H,5-8,13H2,1-4H3,(H,20,21). The molecule has 0 aliphatic rings. The van der Waals surface area contributed by atoms with E-state index in [1.807, 2.05) is 0 Å². The monoisotopic (exact) mass is 365 g/mol. The predicted octanol–water partition coefficient (Wildman–Crippen LogP) is 2.58. The molecule has 0 atom stereocenters. The minimum Gasteiger partial charge on any atom is -0.493 e. The van der Waals surface area contributed by atoms with E-state index in [1.54, 1.807) is 25.3 Å². The largest absolute Gasteiger partial charge is 0.493 e. The summed E-state index contributed by atoms with van der Waals surface area (Å²) in [5, 5.41) is 2.80. The second-order valence-electron chi connectivity index (χ2n) is 5.43. The van der Waals surface area contributed by atoms with Crippen LogP contribution in [0.15, 0.2) is 18.2 Å². The van der Waals surface area contributed by atoms with Crippen LogP contribution in [-0.4, -0.2) is 46.9 Å². The molecule has 26 heavy (non-hydrogen) atoms. The highest BCUT2D eigenvalue weighted by molar-refractivity contribution is 5.92. The first-order valence-electron chi connectivity index (χ1n) is 8.39. The Hall–Kier alpha value is -2.70. The zero-order chi connectivity index (χ0) is 19.4. The number of hydrogen-bond acceptors (Lipinski definition) is 6. The third kappa shape index (κ3) is 6.66. The van der Waals surface area contributed by atoms with Gasteiger partial charge in [0.1, 0.15) is 0 Å². The summed E-state index contributed by atoms with van der Waals surface area (Å²) in [5.74, 6) is 1.12. The van der Waals surface area contributed by atoms with Gasteiger partial charge in [-0.2, -0.15) is 0 Å². The van der Waals surface area contributed by atoms with E-state index in [0.717, 1.165) is 19.3 Å². The van der Waals surface area contributed by atoms with Crippen LogP contribution in [0, 0.1) is 0 Å². The van der Waals surface area contributed by atoms with Crippen molar-refractivity contribution in [3.8, 4) is 17.2 Å². The molecule has 7 nitrogen and oxygen atoms in total. The maximum Gasteiger partial charge on any atom is 0.305 e. The average molecular weight is 365 g/mol. The van der Waals surface area contributed by atoms with Crippen molar-refractivity contribution in [1.29, 1.82) is 0 Å². The van der Waals surface area contributed by atoms with Gasteiger partial charge >= 0.3 is 5.97 Å². The number of benzene rings is 1. The number of amides is 1. The second-order valence-corrected chi connectivity index (χ2v) is 5.43. The number of nitrogens with one attached hydrogen (secondary N) is 1. The Morgan fingerprint density at radius 1 is 0.962 bits per heavy atom. The highest BCUT2D eigenvalue weighted by Crippen LogP contribution is 2.40. The molecule has 1 amide bonds. The molecule has 0 heterocycles. The number of esters is 1. The van der Waals surface area contributed by atoms with E-state index in [2.05, 4.69) is 10.1 Å². The van der Waals surface area contributed by atoms with Crippen LogP contribution >= 0.6 is 0 Å². The highest BCUT2D eigenvalue weighted by Gasteiger charge is 2.14. The van der Waals surface area contributed by atoms with Crippen LogP contribution in [-0.2, 0) is 14.3 Å². The number of unbranched alkanes of at least 4 members (excludes halogenated alkanes) is 2. The number of carbonyl (C=O) groups excluding carboxylic acids is 2. The van der Waals surface area contributed by atoms with E-state index in [0.29, 0.717) is 35.8 Å². The van der Waals surface area contributed by atoms with E-state index >= 15 is 0 Å². The van der Waals surface area contributed by atoms with Gasteiger partial charge in [-0.1, -0.05) is 6.42 Å². The van der Waals surface area contributed by atoms with Crippen molar-refractivity contribution in [3.05, 3.63) is 23.8 Å². The molecule has 0 aliphatic carbocycles. The third-order valence-electron chi connectivity index (χ3n) is 3.73. The summed E-state index contributed by atoms with van der Waals surface area (Å²) in [6, 6.07) is 3.54. The first-order chi connectivity index (χ1) is 12.6. The fourth-order valence-electron chi connectivity index (χ4n) is 2.36. The van der Waals surface area contributed by atoms with Crippen LogP contribution in [0.1, 0.15) is 31.2 Å². The Morgan fingerprint density at radius 2 is 1.69 bits per heavy atom. The molecule has 0 aliphatic heterocycles. The Balaban J connectivity index is 2.52. The van der Waals surface area contributed by atoms with Gasteiger partial charge in [-0.3, -0.25) is 9.59 Å². The van der Waals surface area contributed by atoms with Crippen molar-refractivity contribution in [2.75, 3.05) is 35.0 Å². The average Bonchev–Trinajstić information content (AvgIpc) is 2.67. The van der Waals surface area contributed by atoms with Crippen molar-refractivity contribution in [2.24, 2.45) is 0 Å². The van der Waals surface area contributed by atoms with E-state index in [-0.39, 0.29) is 11.9 Å². The normalized spacial score (nSPS) is 10.5. The van der Waals surface area contributed by atoms with Gasteiger partial charge in [0.15, 0.2) is 11.5 Å². The van der Waals surface area contributed by atoms with Crippen molar-refractivity contribution in [2.45, 2.75) is 25.7 Å². The topological polar surface area (TPSA) is 83.1 Å². The van der Waals surface area contributed by atoms with E-state index < -0.39 is 0 Å². The lowest BCUT2D eigenvalue weighted by atomic mass is 10.1. The molecule has 0 unspecified atom stereocenters. The zero-order valence-corrected chi connectivity index (χ0v) is 15.8. The molecule has 1 N–H and O–H groups in total. The minimum absolute atomic E-state index is 0.199. The highest BCUT2D eigenvalue weighted by atomic mass is 16.5. The lowest BCUT2D eigenvalue weighted by Gasteiger charge is -2.13. The zero-order valence-electron chi connectivity index (χ0n) is 15.8. The molecule has 1 aromatic carbocycles. The van der Waals surface area contributed by atoms with Crippen LogP contribution in [0.3, 0.4) is 0 Å². The third-order valence-corrected chi connectivity index (χ3v) is 3.73. The summed E-state index contributed by atoms with van der Waals surface area (Å²) >= 11 is 0. The van der Waals surface area contributed by atoms with Crippen LogP contribution in [0.4, 0.5) is 0 Å². The predicted molar refractivity (Wildman–Crippen MR) is 98.6 cm³/mol. The summed E-state index contributed by atoms with van der Waals surface area (Å²) < 4.78 is 20.5. The summed E-state index contributed by atoms with van der Waals surface area (Å²) in [5.41, 5.74) is 0.707. The number of rotatable bonds is 11. The summed E-state index contributed by atoms with van der Waals surface area (Å²) in [6.07, 6.45) is 5.91. The van der Waals surface area contributed by atoms with Gasteiger partial charge in [0, 0.05) is 24.6 Å². The molecule has 1 rings (SSSR count). The first-order valence-corrected chi connectivity index (χ1v) is 8.39. The van der Waals surface area contributed by atoms with Crippen molar-refractivity contribution in [1.82, 2.24) is 5.32 Å². The van der Waals surface area contributed by atoms with Gasteiger partial charge in [0.05, 0.1) is 28.4 Å². The van der Waals surface area contributed by atoms with Gasteiger partial charge in [-0.05, 0) is 31.1 Å². The van der Waals surface area contributed by atoms with Crippen LogP contribution in [0.2, 0.25) is 0 Å². The number of methoxy groups -OCH3 is 4. The first kappa shape index (κ1) is 21.3. The van der Waals surface area contributed by atoms with Gasteiger partial charge < -0.3 is 24.3 Å². The summed E-state index contributed by atoms with van der Waals surface area (Å²) in [4.78, 5) is 22.9. The number of hydrogen-bond donors (Lipinski definition) is 1. The van der Waals surface area contributed by atoms with Gasteiger partial charge in [-0.15, -0.1) is 0 Å². The SMILES string of the molecule is COC(=O)CCCCCNC(=O)C=Cc1ccc(OC)c(OC)c1OC. The van der Waals surface area contributed by atoms with Gasteiger partial charge in [0.2, 0.25) is 11.7 Å². The molecule has 0 bridgehead atoms. The van der Waals surface area contributed by atoms with Crippen molar-refractivity contribution >= 4 is 18.0 Å². The summed E-state index contributed by atoms with van der Waals surface area (Å²) in [6.45, 7) is 0.549. The maximum atomic E-state index is 11.9. The van der Waals surface area contributed by atoms with Crippen LogP contribution in [0.25, 0.3) is 6.08 Å². The van der Waals surface area contributed by atoms with E-state index in [9.17, 15) is 9.59 Å². The molecular formula is C19H27NO6. The number of ether oxygens (including phenoxy) is 4. The fourth-order valence-corrected chi connectivity index (χ4v) is 2.36. The quantitative estimate of drug-likeness (QED) is 0.369. The second kappa shape index (κ2) is 11.8. The Kier molecular flexibility index (Phi) is 9.67. The smallest absolute Gasteiger partial charge is 0.305 e. The van der Waals surface area contributed by atoms with Crippen LogP contribution in [0.5, 0.6) is 17.2 Å². The molecule has 7 heteroatoms. The van der Waals surface area contributed by atoms with E-state index in [4.69, 9.17) is 14.2 Å². The lowest BCUT2D eigenvalue weighted by Crippen LogP contribution is -2.22. The molecule has 144 valence electrons. The van der Waals surface area contributed by atoms with Crippen molar-refractivity contribution < 1.29 is 28.5 Å². The maximum absolute atomic E-state index is 11.9. The molecule has 0 radical (unpaired) electrons. The summed E-state index contributed by atoms with van der Waals surface area (Å²) in [7, 11) is 5.98. The Bertz CT molecular complexity index is 627. The Labute approximate surface area is 154 Å². The molecular weight excluding hydrogens is 338 g/mol. The molecule has 0 aromatic heterocycles. The number of carbonyl (C=O) groups is 2. The van der Waals surface area contributed by atoms with Crippen LogP contribution < -0.4 is 19.5 Å². The minimum atomic E-state index is -0.208. The lowest BCUT2D eigenvalue weighted by molar-refractivity contribution is -0.140. The van der Waals surface area contributed by atoms with Gasteiger partial charge in [-0.25, -0.2) is 0 Å². The molecule has 0 fully saturated rings. The Morgan fingerprint density at radius 3 is 2.31 bits per heavy atom. The van der Waals surface area contributed by atoms with E-state index in [1.165, 1.54) is 27.4 Å². The molecule has 1 aromatic rings. The fraction of sp³-hybridized carbons (Fsp3) is 0.474. The van der Waals surface area contributed by atoms with Crippen molar-refractivity contribution in [3.63, 3.8) is 0 Å². The molecule has 0 spiro atoms. The molecule has 0 saturated heterocycles. The van der Waals surface area contributed by atoms with Gasteiger partial charge in [0.25, 0.3) is 0 Å². The molecule has 0 saturated carbocycles.